The summed E-state index contributed by atoms with van der Waals surface area (Å²) in [6, 6.07) is 5.29. The van der Waals surface area contributed by atoms with Gasteiger partial charge in [0.25, 0.3) is 0 Å². The summed E-state index contributed by atoms with van der Waals surface area (Å²) in [5.41, 5.74) is 9.62. The van der Waals surface area contributed by atoms with Gasteiger partial charge in [0, 0.05) is 48.0 Å². The maximum absolute atomic E-state index is 13.1. The molecule has 2 saturated heterocycles. The molecule has 2 aliphatic heterocycles. The summed E-state index contributed by atoms with van der Waals surface area (Å²) in [5.74, 6) is 0.361. The zero-order valence-electron chi connectivity index (χ0n) is 23.3. The van der Waals surface area contributed by atoms with Crippen LogP contribution in [0.1, 0.15) is 65.4 Å². The Morgan fingerprint density at radius 1 is 1.08 bits per heavy atom. The average Bonchev–Trinajstić information content (AvgIpc) is 2.85. The van der Waals surface area contributed by atoms with Gasteiger partial charge in [-0.1, -0.05) is 38.4 Å². The Morgan fingerprint density at radius 2 is 1.73 bits per heavy atom. The number of urea groups is 1. The van der Waals surface area contributed by atoms with Crippen LogP contribution in [0.2, 0.25) is 5.02 Å². The van der Waals surface area contributed by atoms with E-state index in [9.17, 15) is 9.59 Å². The van der Waals surface area contributed by atoms with Crippen molar-refractivity contribution < 1.29 is 9.59 Å². The van der Waals surface area contributed by atoms with Gasteiger partial charge in [-0.25, -0.2) is 4.79 Å². The van der Waals surface area contributed by atoms with E-state index in [2.05, 4.69) is 34.6 Å². The molecular formula is C29H46ClN5O2. The van der Waals surface area contributed by atoms with Crippen LogP contribution >= 0.6 is 11.6 Å². The fourth-order valence-corrected chi connectivity index (χ4v) is 5.27. The number of aryl methyl sites for hydroxylation is 1. The summed E-state index contributed by atoms with van der Waals surface area (Å²) in [4.78, 5) is 29.9. The molecule has 8 heteroatoms. The highest BCUT2D eigenvalue weighted by atomic mass is 35.5. The van der Waals surface area contributed by atoms with Crippen LogP contribution in [0, 0.1) is 12.8 Å². The molecule has 1 aromatic carbocycles. The highest BCUT2D eigenvalue weighted by molar-refractivity contribution is 6.31. The first kappa shape index (κ1) is 30.7. The van der Waals surface area contributed by atoms with Crippen LogP contribution in [-0.4, -0.2) is 60.5 Å². The molecule has 0 aromatic heterocycles. The number of nitrogens with two attached hydrogens (primary N) is 1. The highest BCUT2D eigenvalue weighted by Crippen LogP contribution is 2.23. The monoisotopic (exact) mass is 531 g/mol. The second-order valence-electron chi connectivity index (χ2n) is 9.84. The van der Waals surface area contributed by atoms with Crippen molar-refractivity contribution in [2.24, 2.45) is 11.7 Å². The minimum Gasteiger partial charge on any atom is -0.402 e. The average molecular weight is 532 g/mol. The maximum atomic E-state index is 13.1. The van der Waals surface area contributed by atoms with Crippen molar-refractivity contribution in [3.05, 3.63) is 52.2 Å². The van der Waals surface area contributed by atoms with Crippen molar-refractivity contribution in [3.63, 3.8) is 0 Å². The fourth-order valence-electron chi connectivity index (χ4n) is 4.98. The Hall–Kier alpha value is -2.51. The van der Waals surface area contributed by atoms with Gasteiger partial charge in [-0.05, 0) is 94.5 Å². The molecular weight excluding hydrogens is 486 g/mol. The molecule has 3 rings (SSSR count). The molecule has 1 aromatic rings. The lowest BCUT2D eigenvalue weighted by Crippen LogP contribution is -2.50. The minimum atomic E-state index is -0.236. The highest BCUT2D eigenvalue weighted by Gasteiger charge is 2.31. The summed E-state index contributed by atoms with van der Waals surface area (Å²) < 4.78 is 0. The number of benzene rings is 1. The third-order valence-electron chi connectivity index (χ3n) is 6.66. The SMILES string of the molecule is CC.CC/C=C(\C=C(/C)N)CN1CCC(C(=O)N2CCC(NC(=O)Nc3cc(C)cc(Cl)c3)CC2)CC1. The molecule has 7 nitrogen and oxygen atoms in total. The number of anilines is 1. The summed E-state index contributed by atoms with van der Waals surface area (Å²) in [6.45, 7) is 14.1. The van der Waals surface area contributed by atoms with E-state index in [0.29, 0.717) is 23.8 Å². The largest absolute Gasteiger partial charge is 0.402 e. The van der Waals surface area contributed by atoms with Crippen molar-refractivity contribution in [2.45, 2.75) is 72.8 Å². The molecule has 0 aliphatic carbocycles. The van der Waals surface area contributed by atoms with E-state index in [1.807, 2.05) is 44.7 Å². The number of hydrogen-bond acceptors (Lipinski definition) is 4. The first-order valence-electron chi connectivity index (χ1n) is 13.7. The van der Waals surface area contributed by atoms with Crippen LogP contribution in [0.15, 0.2) is 41.6 Å². The molecule has 3 amide bonds. The zero-order valence-corrected chi connectivity index (χ0v) is 24.0. The van der Waals surface area contributed by atoms with E-state index in [4.69, 9.17) is 17.3 Å². The number of allylic oxidation sites excluding steroid dienone is 2. The topological polar surface area (TPSA) is 90.7 Å². The number of nitrogens with one attached hydrogen (secondary N) is 2. The molecule has 0 unspecified atom stereocenters. The summed E-state index contributed by atoms with van der Waals surface area (Å²) in [6.07, 6.45) is 8.58. The third-order valence-corrected chi connectivity index (χ3v) is 6.88. The van der Waals surface area contributed by atoms with Gasteiger partial charge in [0.05, 0.1) is 0 Å². The lowest BCUT2D eigenvalue weighted by molar-refractivity contribution is -0.138. The summed E-state index contributed by atoms with van der Waals surface area (Å²) >= 11 is 6.07. The molecule has 206 valence electrons. The molecule has 0 radical (unpaired) electrons. The van der Waals surface area contributed by atoms with Crippen LogP contribution in [0.5, 0.6) is 0 Å². The first-order valence-corrected chi connectivity index (χ1v) is 14.1. The number of amides is 3. The van der Waals surface area contributed by atoms with E-state index in [0.717, 1.165) is 63.0 Å². The van der Waals surface area contributed by atoms with Crippen molar-refractivity contribution in [1.82, 2.24) is 15.1 Å². The normalized spacial score (nSPS) is 18.2. The smallest absolute Gasteiger partial charge is 0.319 e. The van der Waals surface area contributed by atoms with Crippen molar-refractivity contribution in [3.8, 4) is 0 Å². The van der Waals surface area contributed by atoms with E-state index >= 15 is 0 Å². The first-order chi connectivity index (χ1) is 17.7. The molecule has 0 atom stereocenters. The van der Waals surface area contributed by atoms with Crippen LogP contribution in [0.25, 0.3) is 0 Å². The number of hydrogen-bond donors (Lipinski definition) is 3. The molecule has 0 spiro atoms. The van der Waals surface area contributed by atoms with Gasteiger partial charge >= 0.3 is 6.03 Å². The zero-order chi connectivity index (χ0) is 27.4. The Balaban J connectivity index is 0.00000235. The second kappa shape index (κ2) is 15.7. The molecule has 2 fully saturated rings. The van der Waals surface area contributed by atoms with Crippen LogP contribution < -0.4 is 16.4 Å². The minimum absolute atomic E-state index is 0.0593. The summed E-state index contributed by atoms with van der Waals surface area (Å²) in [5, 5.41) is 6.49. The standard InChI is InChI=1S/C27H40ClN5O2.C2H6/c1-4-5-21(16-20(3)29)18-32-10-6-22(7-11-32)26(34)33-12-8-24(9-13-33)30-27(35)31-25-15-19(2)14-23(28)17-25;1-2/h5,14-17,22,24H,4,6-13,18,29H2,1-3H3,(H2,30,31,35);1-2H3/b20-16+,21-5+;. The van der Waals surface area contributed by atoms with Gasteiger partial charge in [0.2, 0.25) is 5.91 Å². The fraction of sp³-hybridized carbons (Fsp3) is 0.586. The quantitative estimate of drug-likeness (QED) is 0.394. The second-order valence-corrected chi connectivity index (χ2v) is 10.3. The lowest BCUT2D eigenvalue weighted by atomic mass is 9.93. The van der Waals surface area contributed by atoms with Gasteiger partial charge < -0.3 is 21.3 Å². The van der Waals surface area contributed by atoms with E-state index in [-0.39, 0.29) is 23.9 Å². The van der Waals surface area contributed by atoms with Crippen molar-refractivity contribution >= 4 is 29.2 Å². The molecule has 0 saturated carbocycles. The van der Waals surface area contributed by atoms with Gasteiger partial charge in [0.15, 0.2) is 0 Å². The van der Waals surface area contributed by atoms with Crippen LogP contribution in [0.3, 0.4) is 0 Å². The Morgan fingerprint density at radius 3 is 2.30 bits per heavy atom. The molecule has 2 heterocycles. The number of halogens is 1. The molecule has 0 bridgehead atoms. The van der Waals surface area contributed by atoms with Crippen molar-refractivity contribution in [2.75, 3.05) is 38.0 Å². The van der Waals surface area contributed by atoms with Crippen molar-refractivity contribution in [1.29, 1.82) is 0 Å². The summed E-state index contributed by atoms with van der Waals surface area (Å²) in [7, 11) is 0. The Labute approximate surface area is 228 Å². The maximum Gasteiger partial charge on any atom is 0.319 e. The third kappa shape index (κ3) is 10.4. The Bertz CT molecular complexity index is 921. The molecule has 4 N–H and O–H groups in total. The van der Waals surface area contributed by atoms with E-state index in [1.165, 1.54) is 5.57 Å². The number of carbonyl (C=O) groups is 2. The lowest BCUT2D eigenvalue weighted by Gasteiger charge is -2.37. The predicted molar refractivity (Wildman–Crippen MR) is 155 cm³/mol. The number of nitrogens with zero attached hydrogens (tertiary/aromatic N) is 2. The van der Waals surface area contributed by atoms with Crippen LogP contribution in [-0.2, 0) is 4.79 Å². The van der Waals surface area contributed by atoms with E-state index in [1.54, 1.807) is 6.07 Å². The predicted octanol–water partition coefficient (Wildman–Crippen LogP) is 5.70. The van der Waals surface area contributed by atoms with E-state index < -0.39 is 0 Å². The Kier molecular flexibility index (Phi) is 13.0. The molecule has 37 heavy (non-hydrogen) atoms. The number of likely N-dealkylation sites (tertiary alicyclic amines) is 2. The van der Waals surface area contributed by atoms with Gasteiger partial charge in [-0.15, -0.1) is 0 Å². The van der Waals surface area contributed by atoms with Crippen LogP contribution in [0.4, 0.5) is 10.5 Å². The van der Waals surface area contributed by atoms with Gasteiger partial charge in [0.1, 0.15) is 0 Å². The van der Waals surface area contributed by atoms with Gasteiger partial charge in [-0.3, -0.25) is 9.69 Å². The number of piperidine rings is 2. The number of rotatable bonds is 7. The van der Waals surface area contributed by atoms with Gasteiger partial charge in [-0.2, -0.15) is 0 Å². The number of carbonyl (C=O) groups excluding carboxylic acids is 2. The molecule has 2 aliphatic rings.